The van der Waals surface area contributed by atoms with Gasteiger partial charge >= 0.3 is 0 Å². The number of carbonyl (C=O) groups excluding carboxylic acids is 1. The second-order valence-corrected chi connectivity index (χ2v) is 8.20. The zero-order chi connectivity index (χ0) is 18.9. The molecule has 26 heavy (non-hydrogen) atoms. The summed E-state index contributed by atoms with van der Waals surface area (Å²) in [4.78, 5) is 34.7. The first kappa shape index (κ1) is 18.7. The number of hydrogen-bond donors (Lipinski definition) is 2. The van der Waals surface area contributed by atoms with E-state index >= 15 is 0 Å². The van der Waals surface area contributed by atoms with Crippen LogP contribution in [0.2, 0.25) is 0 Å². The predicted molar refractivity (Wildman–Crippen MR) is 107 cm³/mol. The lowest BCUT2D eigenvalue weighted by Gasteiger charge is -2.15. The summed E-state index contributed by atoms with van der Waals surface area (Å²) in [6, 6.07) is 1.88. The van der Waals surface area contributed by atoms with Crippen molar-refractivity contribution in [1.82, 2.24) is 29.9 Å². The number of fused-ring (bicyclic) bond motifs is 2. The Balaban J connectivity index is 0.000000167. The average molecular weight is 480 g/mol. The van der Waals surface area contributed by atoms with Gasteiger partial charge in [0.1, 0.15) is 20.2 Å². The topological polar surface area (TPSA) is 100 Å². The SMILES string of the molecule is Brc1cnc2[nH]ccc2n1.CC(C)(C)C(=O)c1c[nH]c2ncc(Br)nc12. The normalized spacial score (nSPS) is 11.4. The fraction of sp³-hybridized carbons (Fsp3) is 0.235. The molecule has 4 aromatic rings. The van der Waals surface area contributed by atoms with E-state index in [1.165, 1.54) is 0 Å². The van der Waals surface area contributed by atoms with Gasteiger partial charge in [-0.2, -0.15) is 0 Å². The summed E-state index contributed by atoms with van der Waals surface area (Å²) >= 11 is 6.48. The van der Waals surface area contributed by atoms with Crippen molar-refractivity contribution in [3.63, 3.8) is 0 Å². The van der Waals surface area contributed by atoms with Gasteiger partial charge in [0, 0.05) is 17.8 Å². The smallest absolute Gasteiger partial charge is 0.171 e. The number of nitrogens with one attached hydrogen (secondary N) is 2. The van der Waals surface area contributed by atoms with Crippen LogP contribution in [0.5, 0.6) is 0 Å². The summed E-state index contributed by atoms with van der Waals surface area (Å²) in [5.41, 5.74) is 3.14. The summed E-state index contributed by atoms with van der Waals surface area (Å²) in [6.07, 6.45) is 6.75. The summed E-state index contributed by atoms with van der Waals surface area (Å²) in [5, 5.41) is 0. The molecule has 0 unspecified atom stereocenters. The molecule has 134 valence electrons. The number of nitrogens with zero attached hydrogens (tertiary/aromatic N) is 4. The first-order valence-corrected chi connectivity index (χ1v) is 9.34. The maximum Gasteiger partial charge on any atom is 0.171 e. The van der Waals surface area contributed by atoms with E-state index in [9.17, 15) is 4.79 Å². The summed E-state index contributed by atoms with van der Waals surface area (Å²) in [7, 11) is 0. The van der Waals surface area contributed by atoms with Gasteiger partial charge in [0.25, 0.3) is 0 Å². The van der Waals surface area contributed by atoms with Crippen molar-refractivity contribution in [1.29, 1.82) is 0 Å². The lowest BCUT2D eigenvalue weighted by molar-refractivity contribution is 0.0860. The van der Waals surface area contributed by atoms with Crippen molar-refractivity contribution < 1.29 is 4.79 Å². The number of carbonyl (C=O) groups is 1. The van der Waals surface area contributed by atoms with Crippen LogP contribution in [0, 0.1) is 5.41 Å². The molecule has 0 aliphatic heterocycles. The Hall–Kier alpha value is -2.13. The van der Waals surface area contributed by atoms with Crippen molar-refractivity contribution in [3.05, 3.63) is 45.6 Å². The number of aromatic amines is 2. The minimum absolute atomic E-state index is 0.0613. The molecule has 4 heterocycles. The first-order chi connectivity index (χ1) is 12.3. The highest BCUT2D eigenvalue weighted by Gasteiger charge is 2.26. The van der Waals surface area contributed by atoms with Gasteiger partial charge < -0.3 is 9.97 Å². The molecular formula is C17H16Br2N6O. The standard InChI is InChI=1S/C11H12BrN3O.C6H4BrN3/c1-11(2,3)9(16)6-4-13-10-8(6)15-7(12)5-14-10;7-5-3-9-6-4(10-5)1-2-8-6/h4-5H,1-3H3,(H,13,14);1-3H,(H,8,9). The Bertz CT molecular complexity index is 1080. The van der Waals surface area contributed by atoms with Crippen LogP contribution >= 0.6 is 31.9 Å². The van der Waals surface area contributed by atoms with Crippen LogP contribution in [-0.2, 0) is 0 Å². The van der Waals surface area contributed by atoms with Crippen molar-refractivity contribution >= 4 is 60.0 Å². The molecule has 4 rings (SSSR count). The van der Waals surface area contributed by atoms with E-state index in [0.717, 1.165) is 15.8 Å². The van der Waals surface area contributed by atoms with E-state index in [1.807, 2.05) is 33.0 Å². The van der Waals surface area contributed by atoms with Gasteiger partial charge in [-0.1, -0.05) is 20.8 Å². The Morgan fingerprint density at radius 3 is 2.35 bits per heavy atom. The van der Waals surface area contributed by atoms with Crippen LogP contribution in [0.25, 0.3) is 22.3 Å². The average Bonchev–Trinajstić information content (AvgIpc) is 3.19. The molecule has 0 fully saturated rings. The minimum Gasteiger partial charge on any atom is -0.345 e. The van der Waals surface area contributed by atoms with E-state index in [2.05, 4.69) is 61.8 Å². The van der Waals surface area contributed by atoms with Gasteiger partial charge in [0.2, 0.25) is 0 Å². The third-order valence-corrected chi connectivity index (χ3v) is 4.27. The number of halogens is 2. The van der Waals surface area contributed by atoms with Gasteiger partial charge in [0.15, 0.2) is 17.1 Å². The molecule has 0 radical (unpaired) electrons. The van der Waals surface area contributed by atoms with E-state index < -0.39 is 5.41 Å². The molecule has 0 amide bonds. The van der Waals surface area contributed by atoms with E-state index in [0.29, 0.717) is 21.3 Å². The van der Waals surface area contributed by atoms with Crippen LogP contribution in [-0.4, -0.2) is 35.7 Å². The summed E-state index contributed by atoms with van der Waals surface area (Å²) in [5.74, 6) is 0.0613. The zero-order valence-corrected chi connectivity index (χ0v) is 17.5. The number of hydrogen-bond acceptors (Lipinski definition) is 5. The number of Topliss-reactive ketones (excluding diaryl/α,β-unsaturated/α-hetero) is 1. The monoisotopic (exact) mass is 478 g/mol. The number of ketones is 1. The fourth-order valence-corrected chi connectivity index (χ4v) is 2.83. The van der Waals surface area contributed by atoms with Crippen LogP contribution in [0.4, 0.5) is 0 Å². The molecule has 0 atom stereocenters. The van der Waals surface area contributed by atoms with E-state index in [1.54, 1.807) is 18.6 Å². The predicted octanol–water partition coefficient (Wildman–Crippen LogP) is 4.67. The van der Waals surface area contributed by atoms with Crippen molar-refractivity contribution in [2.75, 3.05) is 0 Å². The molecular weight excluding hydrogens is 464 g/mol. The quantitative estimate of drug-likeness (QED) is 0.386. The largest absolute Gasteiger partial charge is 0.345 e. The zero-order valence-electron chi connectivity index (χ0n) is 14.3. The highest BCUT2D eigenvalue weighted by Crippen LogP contribution is 2.25. The molecule has 0 saturated heterocycles. The van der Waals surface area contributed by atoms with Crippen LogP contribution in [0.15, 0.2) is 40.1 Å². The highest BCUT2D eigenvalue weighted by molar-refractivity contribution is 9.10. The van der Waals surface area contributed by atoms with Gasteiger partial charge in [-0.05, 0) is 37.9 Å². The van der Waals surface area contributed by atoms with Crippen molar-refractivity contribution in [3.8, 4) is 0 Å². The third kappa shape index (κ3) is 3.99. The molecule has 2 N–H and O–H groups in total. The van der Waals surface area contributed by atoms with Gasteiger partial charge in [0.05, 0.1) is 18.0 Å². The number of H-pyrrole nitrogens is 2. The molecule has 0 aliphatic carbocycles. The molecule has 0 aliphatic rings. The van der Waals surface area contributed by atoms with Crippen molar-refractivity contribution in [2.24, 2.45) is 5.41 Å². The second kappa shape index (κ2) is 7.24. The molecule has 9 heteroatoms. The van der Waals surface area contributed by atoms with Gasteiger partial charge in [-0.15, -0.1) is 0 Å². The Kier molecular flexibility index (Phi) is 5.19. The van der Waals surface area contributed by atoms with Crippen LogP contribution in [0.1, 0.15) is 31.1 Å². The summed E-state index contributed by atoms with van der Waals surface area (Å²) < 4.78 is 1.39. The van der Waals surface area contributed by atoms with Gasteiger partial charge in [-0.25, -0.2) is 19.9 Å². The molecule has 0 aromatic carbocycles. The molecule has 0 saturated carbocycles. The maximum atomic E-state index is 12.1. The first-order valence-electron chi connectivity index (χ1n) is 7.76. The molecule has 0 spiro atoms. The van der Waals surface area contributed by atoms with E-state index in [-0.39, 0.29) is 5.78 Å². The molecule has 7 nitrogen and oxygen atoms in total. The fourth-order valence-electron chi connectivity index (χ4n) is 2.25. The van der Waals surface area contributed by atoms with Crippen LogP contribution < -0.4 is 0 Å². The summed E-state index contributed by atoms with van der Waals surface area (Å²) in [6.45, 7) is 5.67. The van der Waals surface area contributed by atoms with Crippen LogP contribution in [0.3, 0.4) is 0 Å². The van der Waals surface area contributed by atoms with E-state index in [4.69, 9.17) is 0 Å². The lowest BCUT2D eigenvalue weighted by Crippen LogP contribution is -2.20. The lowest BCUT2D eigenvalue weighted by atomic mass is 9.87. The molecule has 0 bridgehead atoms. The maximum absolute atomic E-state index is 12.1. The Morgan fingerprint density at radius 1 is 1.00 bits per heavy atom. The number of aromatic nitrogens is 6. The third-order valence-electron chi connectivity index (χ3n) is 3.51. The minimum atomic E-state index is -0.418. The Labute approximate surface area is 166 Å². The molecule has 4 aromatic heterocycles. The van der Waals surface area contributed by atoms with Crippen molar-refractivity contribution in [2.45, 2.75) is 20.8 Å². The second-order valence-electron chi connectivity index (χ2n) is 6.58. The highest BCUT2D eigenvalue weighted by atomic mass is 79.9. The van der Waals surface area contributed by atoms with Gasteiger partial charge in [-0.3, -0.25) is 4.79 Å². The number of rotatable bonds is 1. The Morgan fingerprint density at radius 2 is 1.65 bits per heavy atom.